The summed E-state index contributed by atoms with van der Waals surface area (Å²) in [5, 5.41) is 0.588. The minimum Gasteiger partial charge on any atom is -0.342 e. The van der Waals surface area contributed by atoms with E-state index in [4.69, 9.17) is 21.4 Å². The predicted octanol–water partition coefficient (Wildman–Crippen LogP) is 5.27. The summed E-state index contributed by atoms with van der Waals surface area (Å²) < 4.78 is 11.1. The lowest BCUT2D eigenvalue weighted by Crippen LogP contribution is -1.95. The summed E-state index contributed by atoms with van der Waals surface area (Å²) in [6.07, 6.45) is -0.0635. The second-order valence-electron chi connectivity index (χ2n) is 6.61. The van der Waals surface area contributed by atoms with Crippen LogP contribution >= 0.6 is 19.2 Å². The average molecular weight is 413 g/mol. The number of H-pyrrole nitrogens is 1. The molecule has 0 fully saturated rings. The largest absolute Gasteiger partial charge is 0.342 e. The molecule has 3 aromatic carbocycles. The Balaban J connectivity index is 1.65. The summed E-state index contributed by atoms with van der Waals surface area (Å²) in [6.45, 7) is 0. The number of fused-ring (bicyclic) bond motifs is 1. The van der Waals surface area contributed by atoms with Gasteiger partial charge in [0, 0.05) is 12.0 Å². The van der Waals surface area contributed by atoms with Gasteiger partial charge in [0.05, 0.1) is 22.2 Å². The lowest BCUT2D eigenvalue weighted by molar-refractivity contribution is 0.372. The third-order valence-corrected chi connectivity index (χ3v) is 5.68. The molecule has 3 N–H and O–H groups in total. The first-order valence-corrected chi connectivity index (χ1v) is 11.0. The molecular formula is C21H18ClN2O3P. The summed E-state index contributed by atoms with van der Waals surface area (Å²) in [7, 11) is -4.06. The van der Waals surface area contributed by atoms with Gasteiger partial charge in [0.25, 0.3) is 0 Å². The Bertz CT molecular complexity index is 1170. The van der Waals surface area contributed by atoms with Crippen molar-refractivity contribution in [3.8, 4) is 22.3 Å². The van der Waals surface area contributed by atoms with Gasteiger partial charge in [0.2, 0.25) is 0 Å². The SMILES string of the molecule is O=P(O)(O)CCc1nc2cc(-c3ccc(-c4ccccc4)cc3)c(Cl)cc2[nH]1. The normalized spacial score (nSPS) is 11.8. The molecule has 0 saturated heterocycles. The van der Waals surface area contributed by atoms with E-state index in [2.05, 4.69) is 34.2 Å². The first kappa shape index (κ1) is 18.9. The Kier molecular flexibility index (Phi) is 5.09. The van der Waals surface area contributed by atoms with E-state index in [9.17, 15) is 4.57 Å². The molecule has 0 atom stereocenters. The zero-order valence-corrected chi connectivity index (χ0v) is 16.5. The van der Waals surface area contributed by atoms with Gasteiger partial charge in [-0.2, -0.15) is 0 Å². The predicted molar refractivity (Wildman–Crippen MR) is 113 cm³/mol. The quantitative estimate of drug-likeness (QED) is 0.390. The van der Waals surface area contributed by atoms with Gasteiger partial charge in [-0.3, -0.25) is 4.57 Å². The van der Waals surface area contributed by atoms with E-state index in [-0.39, 0.29) is 12.6 Å². The highest BCUT2D eigenvalue weighted by Crippen LogP contribution is 2.36. The van der Waals surface area contributed by atoms with Crippen molar-refractivity contribution in [2.24, 2.45) is 0 Å². The van der Waals surface area contributed by atoms with Gasteiger partial charge >= 0.3 is 7.60 Å². The molecule has 5 nitrogen and oxygen atoms in total. The number of halogens is 1. The van der Waals surface area contributed by atoms with Crippen LogP contribution in [-0.2, 0) is 11.0 Å². The first-order chi connectivity index (χ1) is 13.4. The number of nitrogens with one attached hydrogen (secondary N) is 1. The highest BCUT2D eigenvalue weighted by Gasteiger charge is 2.15. The molecule has 4 rings (SSSR count). The minimum absolute atomic E-state index is 0.178. The van der Waals surface area contributed by atoms with Gasteiger partial charge in [-0.1, -0.05) is 66.2 Å². The van der Waals surface area contributed by atoms with Crippen molar-refractivity contribution >= 4 is 30.2 Å². The van der Waals surface area contributed by atoms with Gasteiger partial charge in [-0.25, -0.2) is 4.98 Å². The second-order valence-corrected chi connectivity index (χ2v) is 8.80. The van der Waals surface area contributed by atoms with Gasteiger partial charge in [-0.15, -0.1) is 0 Å². The number of aryl methyl sites for hydroxylation is 1. The summed E-state index contributed by atoms with van der Waals surface area (Å²) in [5.41, 5.74) is 5.58. The first-order valence-electron chi connectivity index (χ1n) is 8.78. The van der Waals surface area contributed by atoms with E-state index >= 15 is 0 Å². The van der Waals surface area contributed by atoms with Crippen molar-refractivity contribution in [1.29, 1.82) is 0 Å². The highest BCUT2D eigenvalue weighted by atomic mass is 35.5. The van der Waals surface area contributed by atoms with Crippen molar-refractivity contribution in [1.82, 2.24) is 9.97 Å². The average Bonchev–Trinajstić information content (AvgIpc) is 3.08. The fraction of sp³-hybridized carbons (Fsp3) is 0.0952. The summed E-state index contributed by atoms with van der Waals surface area (Å²) >= 11 is 6.48. The second kappa shape index (κ2) is 7.53. The van der Waals surface area contributed by atoms with Crippen molar-refractivity contribution in [3.63, 3.8) is 0 Å². The van der Waals surface area contributed by atoms with Crippen LogP contribution in [0.25, 0.3) is 33.3 Å². The van der Waals surface area contributed by atoms with Crippen LogP contribution in [0, 0.1) is 0 Å². The number of imidazole rings is 1. The van der Waals surface area contributed by atoms with Crippen LogP contribution in [0.2, 0.25) is 5.02 Å². The van der Waals surface area contributed by atoms with Gasteiger partial charge in [0.15, 0.2) is 0 Å². The number of aromatic nitrogens is 2. The minimum atomic E-state index is -4.06. The Labute approximate surface area is 167 Å². The van der Waals surface area contributed by atoms with Crippen LogP contribution in [0.3, 0.4) is 0 Å². The zero-order valence-electron chi connectivity index (χ0n) is 14.8. The molecule has 0 radical (unpaired) electrons. The zero-order chi connectivity index (χ0) is 19.7. The van der Waals surface area contributed by atoms with Crippen LogP contribution in [0.1, 0.15) is 5.82 Å². The molecule has 28 heavy (non-hydrogen) atoms. The lowest BCUT2D eigenvalue weighted by atomic mass is 10.00. The molecule has 1 heterocycles. The van der Waals surface area contributed by atoms with Crippen molar-refractivity contribution in [3.05, 3.63) is 77.6 Å². The third kappa shape index (κ3) is 4.18. The van der Waals surface area contributed by atoms with E-state index < -0.39 is 7.60 Å². The molecule has 142 valence electrons. The Morgan fingerprint density at radius 2 is 1.57 bits per heavy atom. The van der Waals surface area contributed by atoms with Gasteiger partial charge in [0.1, 0.15) is 5.82 Å². The van der Waals surface area contributed by atoms with Crippen LogP contribution in [0.4, 0.5) is 0 Å². The van der Waals surface area contributed by atoms with Gasteiger partial charge < -0.3 is 14.8 Å². The molecule has 0 bridgehead atoms. The van der Waals surface area contributed by atoms with Gasteiger partial charge in [-0.05, 0) is 28.8 Å². The van der Waals surface area contributed by atoms with Crippen LogP contribution in [-0.4, -0.2) is 25.9 Å². The molecule has 0 aliphatic heterocycles. The maximum absolute atomic E-state index is 11.1. The van der Waals surface area contributed by atoms with E-state index in [1.54, 1.807) is 6.07 Å². The molecule has 0 amide bonds. The van der Waals surface area contributed by atoms with Crippen LogP contribution in [0.5, 0.6) is 0 Å². The van der Waals surface area contributed by atoms with Crippen molar-refractivity contribution in [2.45, 2.75) is 6.42 Å². The molecule has 0 aliphatic carbocycles. The molecular weight excluding hydrogens is 395 g/mol. The monoisotopic (exact) mass is 412 g/mol. The topological polar surface area (TPSA) is 86.2 Å². The number of aromatic amines is 1. The standard InChI is InChI=1S/C21H18ClN2O3P/c22-18-13-20-19(23-21(24-20)10-11-28(25,26)27)12-17(18)16-8-6-15(7-9-16)14-4-2-1-3-5-14/h1-9,12-13H,10-11H2,(H,23,24)(H2,25,26,27). The van der Waals surface area contributed by atoms with E-state index in [1.165, 1.54) is 0 Å². The van der Waals surface area contributed by atoms with Crippen LogP contribution < -0.4 is 0 Å². The molecule has 0 aliphatic rings. The summed E-state index contributed by atoms with van der Waals surface area (Å²) in [6, 6.07) is 22.0. The highest BCUT2D eigenvalue weighted by molar-refractivity contribution is 7.51. The number of hydrogen-bond acceptors (Lipinski definition) is 2. The fourth-order valence-corrected chi connectivity index (χ4v) is 3.92. The maximum atomic E-state index is 11.1. The van der Waals surface area contributed by atoms with Crippen LogP contribution in [0.15, 0.2) is 66.7 Å². The number of rotatable bonds is 5. The number of nitrogens with zero attached hydrogens (tertiary/aromatic N) is 1. The van der Waals surface area contributed by atoms with Crippen molar-refractivity contribution < 1.29 is 14.4 Å². The Morgan fingerprint density at radius 3 is 2.25 bits per heavy atom. The molecule has 7 heteroatoms. The smallest absolute Gasteiger partial charge is 0.326 e. The molecule has 0 unspecified atom stereocenters. The maximum Gasteiger partial charge on any atom is 0.326 e. The van der Waals surface area contributed by atoms with E-state index in [0.29, 0.717) is 16.4 Å². The lowest BCUT2D eigenvalue weighted by Gasteiger charge is -2.07. The fourth-order valence-electron chi connectivity index (χ4n) is 3.15. The molecule has 0 saturated carbocycles. The Morgan fingerprint density at radius 1 is 0.929 bits per heavy atom. The van der Waals surface area contributed by atoms with E-state index in [1.807, 2.05) is 36.4 Å². The molecule has 0 spiro atoms. The number of hydrogen-bond donors (Lipinski definition) is 3. The van der Waals surface area contributed by atoms with E-state index in [0.717, 1.165) is 27.8 Å². The third-order valence-electron chi connectivity index (χ3n) is 4.56. The number of benzene rings is 3. The molecule has 4 aromatic rings. The summed E-state index contributed by atoms with van der Waals surface area (Å²) in [4.78, 5) is 25.6. The Hall–Kier alpha value is -2.43. The summed E-state index contributed by atoms with van der Waals surface area (Å²) in [5.74, 6) is 0.533. The molecule has 1 aromatic heterocycles. The van der Waals surface area contributed by atoms with Crippen molar-refractivity contribution in [2.75, 3.05) is 6.16 Å².